The lowest BCUT2D eigenvalue weighted by Gasteiger charge is -2.15. The quantitative estimate of drug-likeness (QED) is 0.903. The first-order valence-electron chi connectivity index (χ1n) is 5.07. The Labute approximate surface area is 109 Å². The molecule has 0 radical (unpaired) electrons. The highest BCUT2D eigenvalue weighted by Crippen LogP contribution is 2.28. The van der Waals surface area contributed by atoms with Crippen molar-refractivity contribution < 1.29 is 32.0 Å². The highest BCUT2D eigenvalue weighted by Gasteiger charge is 2.46. The molecule has 0 aliphatic heterocycles. The van der Waals surface area contributed by atoms with Crippen LogP contribution >= 0.6 is 0 Å². The maximum Gasteiger partial charge on any atom is 0.403 e. The molecule has 0 bridgehead atoms. The molecule has 2 atom stereocenters. The van der Waals surface area contributed by atoms with Crippen LogP contribution in [-0.2, 0) is 15.6 Å². The van der Waals surface area contributed by atoms with Gasteiger partial charge < -0.3 is 9.84 Å². The van der Waals surface area contributed by atoms with Crippen molar-refractivity contribution in [1.82, 2.24) is 0 Å². The maximum atomic E-state index is 12.4. The molecule has 0 aliphatic carbocycles. The van der Waals surface area contributed by atoms with E-state index in [2.05, 4.69) is 0 Å². The Morgan fingerprint density at radius 1 is 1.37 bits per heavy atom. The number of aliphatic carboxylic acids is 1. The van der Waals surface area contributed by atoms with Gasteiger partial charge in [-0.15, -0.1) is 0 Å². The largest absolute Gasteiger partial charge is 0.497 e. The van der Waals surface area contributed by atoms with Gasteiger partial charge >= 0.3 is 12.1 Å². The van der Waals surface area contributed by atoms with Crippen molar-refractivity contribution >= 4 is 16.8 Å². The number of carboxylic acids is 1. The van der Waals surface area contributed by atoms with Crippen molar-refractivity contribution in [3.05, 3.63) is 24.3 Å². The number of benzene rings is 1. The van der Waals surface area contributed by atoms with Gasteiger partial charge in [0.1, 0.15) is 5.75 Å². The Hall–Kier alpha value is -1.57. The summed E-state index contributed by atoms with van der Waals surface area (Å²) in [6.45, 7) is 0. The number of alkyl halides is 3. The summed E-state index contributed by atoms with van der Waals surface area (Å²) in [7, 11) is -0.634. The summed E-state index contributed by atoms with van der Waals surface area (Å²) in [5.41, 5.74) is 0. The minimum atomic E-state index is -4.92. The molecule has 0 fully saturated rings. The van der Waals surface area contributed by atoms with Gasteiger partial charge in [0, 0.05) is 4.90 Å². The monoisotopic (exact) mass is 296 g/mol. The number of methoxy groups -OCH3 is 1. The van der Waals surface area contributed by atoms with Crippen LogP contribution in [0.2, 0.25) is 0 Å². The Morgan fingerprint density at radius 3 is 2.26 bits per heavy atom. The summed E-state index contributed by atoms with van der Waals surface area (Å²) < 4.78 is 53.9. The molecule has 2 unspecified atom stereocenters. The van der Waals surface area contributed by atoms with Gasteiger partial charge in [0.05, 0.1) is 23.7 Å². The molecule has 0 heterocycles. The predicted molar refractivity (Wildman–Crippen MR) is 61.5 cm³/mol. The molecule has 1 rings (SSSR count). The van der Waals surface area contributed by atoms with Crippen LogP contribution < -0.4 is 4.74 Å². The molecule has 0 aliphatic rings. The smallest absolute Gasteiger partial charge is 0.403 e. The lowest BCUT2D eigenvalue weighted by Crippen LogP contribution is -2.35. The summed E-state index contributed by atoms with van der Waals surface area (Å²) in [4.78, 5) is 10.7. The van der Waals surface area contributed by atoms with Crippen LogP contribution in [0.15, 0.2) is 29.2 Å². The molecule has 0 saturated heterocycles. The first-order valence-corrected chi connectivity index (χ1v) is 6.39. The second-order valence-electron chi connectivity index (χ2n) is 3.62. The highest BCUT2D eigenvalue weighted by atomic mass is 32.2. The number of carboxylic acid groups (broad SMARTS) is 1. The Morgan fingerprint density at radius 2 is 1.89 bits per heavy atom. The van der Waals surface area contributed by atoms with E-state index in [9.17, 15) is 22.2 Å². The minimum Gasteiger partial charge on any atom is -0.497 e. The van der Waals surface area contributed by atoms with Gasteiger partial charge in [0.2, 0.25) is 0 Å². The van der Waals surface area contributed by atoms with Gasteiger partial charge in [-0.25, -0.2) is 0 Å². The van der Waals surface area contributed by atoms with Crippen LogP contribution in [-0.4, -0.2) is 34.3 Å². The number of rotatable bonds is 5. The molecule has 0 spiro atoms. The zero-order valence-corrected chi connectivity index (χ0v) is 10.6. The Bertz CT molecular complexity index is 470. The zero-order chi connectivity index (χ0) is 14.6. The third-order valence-corrected chi connectivity index (χ3v) is 3.77. The normalized spacial score (nSPS) is 14.7. The van der Waals surface area contributed by atoms with Gasteiger partial charge in [0.25, 0.3) is 0 Å². The molecule has 19 heavy (non-hydrogen) atoms. The van der Waals surface area contributed by atoms with Gasteiger partial charge in [0.15, 0.2) is 5.92 Å². The van der Waals surface area contributed by atoms with E-state index >= 15 is 0 Å². The molecule has 0 amide bonds. The van der Waals surface area contributed by atoms with E-state index in [1.54, 1.807) is 0 Å². The summed E-state index contributed by atoms with van der Waals surface area (Å²) in [5, 5.41) is 8.51. The first-order chi connectivity index (χ1) is 8.75. The lowest BCUT2D eigenvalue weighted by molar-refractivity contribution is -0.188. The van der Waals surface area contributed by atoms with E-state index in [-0.39, 0.29) is 4.90 Å². The molecular formula is C11H11F3O4S. The SMILES string of the molecule is COc1ccc(S(=O)CC(C(=O)O)C(F)(F)F)cc1. The Balaban J connectivity index is 2.85. The van der Waals surface area contributed by atoms with Crippen LogP contribution in [0.5, 0.6) is 5.75 Å². The molecule has 1 N–H and O–H groups in total. The third-order valence-electron chi connectivity index (χ3n) is 2.33. The number of hydrogen-bond acceptors (Lipinski definition) is 3. The topological polar surface area (TPSA) is 63.6 Å². The summed E-state index contributed by atoms with van der Waals surface area (Å²) in [6.07, 6.45) is -4.92. The van der Waals surface area contributed by atoms with E-state index in [1.165, 1.54) is 31.4 Å². The van der Waals surface area contributed by atoms with Crippen molar-refractivity contribution in [2.45, 2.75) is 11.1 Å². The summed E-state index contributed by atoms with van der Waals surface area (Å²) >= 11 is 0. The average Bonchev–Trinajstić information content (AvgIpc) is 2.34. The minimum absolute atomic E-state index is 0.122. The number of halogens is 3. The maximum absolute atomic E-state index is 12.4. The summed E-state index contributed by atoms with van der Waals surface area (Å²) in [5.74, 6) is -5.22. The van der Waals surface area contributed by atoms with Crippen LogP contribution in [0.1, 0.15) is 0 Å². The molecule has 8 heteroatoms. The van der Waals surface area contributed by atoms with Gasteiger partial charge in [-0.2, -0.15) is 13.2 Å². The second kappa shape index (κ2) is 6.05. The molecular weight excluding hydrogens is 285 g/mol. The Kier molecular flexibility index (Phi) is 4.93. The van der Waals surface area contributed by atoms with Crippen molar-refractivity contribution in [1.29, 1.82) is 0 Å². The number of ether oxygens (including phenoxy) is 1. The average molecular weight is 296 g/mol. The standard InChI is InChI=1S/C11H11F3O4S/c1-18-7-2-4-8(5-3-7)19(17)6-9(10(15)16)11(12,13)14/h2-5,9H,6H2,1H3,(H,15,16). The van der Waals surface area contributed by atoms with Crippen LogP contribution in [0.3, 0.4) is 0 Å². The van der Waals surface area contributed by atoms with Crippen molar-refractivity contribution in [3.63, 3.8) is 0 Å². The van der Waals surface area contributed by atoms with Gasteiger partial charge in [-0.05, 0) is 24.3 Å². The third kappa shape index (κ3) is 4.23. The fraction of sp³-hybridized carbons (Fsp3) is 0.364. The van der Waals surface area contributed by atoms with Gasteiger partial charge in [-0.1, -0.05) is 0 Å². The molecule has 0 aromatic heterocycles. The van der Waals surface area contributed by atoms with Crippen molar-refractivity contribution in [2.24, 2.45) is 5.92 Å². The fourth-order valence-corrected chi connectivity index (χ4v) is 2.55. The zero-order valence-electron chi connectivity index (χ0n) is 9.81. The van der Waals surface area contributed by atoms with Crippen molar-refractivity contribution in [3.8, 4) is 5.75 Å². The van der Waals surface area contributed by atoms with Crippen LogP contribution in [0.25, 0.3) is 0 Å². The molecule has 106 valence electrons. The second-order valence-corrected chi connectivity index (χ2v) is 5.12. The molecule has 4 nitrogen and oxygen atoms in total. The van der Waals surface area contributed by atoms with Gasteiger partial charge in [-0.3, -0.25) is 9.00 Å². The van der Waals surface area contributed by atoms with E-state index < -0.39 is 34.6 Å². The van der Waals surface area contributed by atoms with Crippen LogP contribution in [0.4, 0.5) is 13.2 Å². The number of hydrogen-bond donors (Lipinski definition) is 1. The van der Waals surface area contributed by atoms with E-state index in [0.717, 1.165) is 0 Å². The fourth-order valence-electron chi connectivity index (χ4n) is 1.28. The molecule has 0 saturated carbocycles. The van der Waals surface area contributed by atoms with E-state index in [0.29, 0.717) is 5.75 Å². The summed E-state index contributed by atoms with van der Waals surface area (Å²) in [6, 6.07) is 5.56. The van der Waals surface area contributed by atoms with E-state index in [4.69, 9.17) is 9.84 Å². The number of carbonyl (C=O) groups is 1. The lowest BCUT2D eigenvalue weighted by atomic mass is 10.2. The predicted octanol–water partition coefficient (Wildman–Crippen LogP) is 2.07. The first kappa shape index (κ1) is 15.5. The van der Waals surface area contributed by atoms with Crippen LogP contribution in [0, 0.1) is 5.92 Å². The molecule has 1 aromatic carbocycles. The van der Waals surface area contributed by atoms with Crippen molar-refractivity contribution in [2.75, 3.05) is 12.9 Å². The molecule has 1 aromatic rings. The van der Waals surface area contributed by atoms with E-state index in [1.807, 2.05) is 0 Å². The highest BCUT2D eigenvalue weighted by molar-refractivity contribution is 7.85.